The highest BCUT2D eigenvalue weighted by Gasteiger charge is 2.30. The summed E-state index contributed by atoms with van der Waals surface area (Å²) in [5.74, 6) is 0.265. The van der Waals surface area contributed by atoms with Gasteiger partial charge >= 0.3 is 6.18 Å². The third kappa shape index (κ3) is 4.50. The minimum Gasteiger partial charge on any atom is -0.325 e. The predicted octanol–water partition coefficient (Wildman–Crippen LogP) is 4.02. The van der Waals surface area contributed by atoms with E-state index in [4.69, 9.17) is 0 Å². The second kappa shape index (κ2) is 8.01. The van der Waals surface area contributed by atoms with Crippen LogP contribution in [0.15, 0.2) is 53.9 Å². The zero-order valence-corrected chi connectivity index (χ0v) is 15.8. The average Bonchev–Trinajstić information content (AvgIpc) is 3.02. The van der Waals surface area contributed by atoms with Gasteiger partial charge in [0.2, 0.25) is 5.91 Å². The minimum atomic E-state index is -4.41. The second-order valence-corrected chi connectivity index (χ2v) is 7.24. The van der Waals surface area contributed by atoms with Crippen molar-refractivity contribution < 1.29 is 18.0 Å². The Balaban J connectivity index is 1.66. The number of aromatic nitrogens is 4. The van der Waals surface area contributed by atoms with Crippen molar-refractivity contribution in [3.63, 3.8) is 0 Å². The molecule has 6 nitrogen and oxygen atoms in total. The number of thioether (sulfide) groups is 1. The zero-order valence-electron chi connectivity index (χ0n) is 14.9. The topological polar surface area (TPSA) is 72.7 Å². The lowest BCUT2D eigenvalue weighted by molar-refractivity contribution is -0.137. The standard InChI is InChI=1S/C18H16F3N5OS/c1-11(16(27)23-14-7-5-13(6-8-14)18(19,20)21)28-17-25-24-15(26(17)2)12-4-3-9-22-10-12/h3-11H,1-2H3,(H,23,27). The highest BCUT2D eigenvalue weighted by molar-refractivity contribution is 8.00. The number of pyridine rings is 1. The van der Waals surface area contributed by atoms with Crippen molar-refractivity contribution in [3.05, 3.63) is 54.4 Å². The molecule has 0 radical (unpaired) electrons. The van der Waals surface area contributed by atoms with Crippen LogP contribution in [0, 0.1) is 0 Å². The highest BCUT2D eigenvalue weighted by Crippen LogP contribution is 2.30. The lowest BCUT2D eigenvalue weighted by Gasteiger charge is -2.12. The van der Waals surface area contributed by atoms with Gasteiger partial charge in [-0.3, -0.25) is 9.78 Å². The number of alkyl halides is 3. The summed E-state index contributed by atoms with van der Waals surface area (Å²) in [5.41, 5.74) is 0.320. The molecule has 2 heterocycles. The van der Waals surface area contributed by atoms with Crippen molar-refractivity contribution in [2.75, 3.05) is 5.32 Å². The molecule has 1 aromatic carbocycles. The third-order valence-electron chi connectivity index (χ3n) is 3.89. The highest BCUT2D eigenvalue weighted by atomic mass is 32.2. The fourth-order valence-corrected chi connectivity index (χ4v) is 3.18. The number of carbonyl (C=O) groups excluding carboxylic acids is 1. The summed E-state index contributed by atoms with van der Waals surface area (Å²) >= 11 is 1.20. The number of nitrogens with one attached hydrogen (secondary N) is 1. The molecule has 28 heavy (non-hydrogen) atoms. The van der Waals surface area contributed by atoms with Gasteiger partial charge in [-0.05, 0) is 43.3 Å². The Labute approximate surface area is 163 Å². The van der Waals surface area contributed by atoms with Crippen LogP contribution in [0.25, 0.3) is 11.4 Å². The molecule has 3 aromatic rings. The molecule has 0 aliphatic carbocycles. The molecule has 0 spiro atoms. The molecule has 1 unspecified atom stereocenters. The first-order valence-electron chi connectivity index (χ1n) is 8.20. The van der Waals surface area contributed by atoms with Crippen molar-refractivity contribution in [1.29, 1.82) is 0 Å². The fraction of sp³-hybridized carbons (Fsp3) is 0.222. The number of anilines is 1. The minimum absolute atomic E-state index is 0.291. The van der Waals surface area contributed by atoms with E-state index in [1.165, 1.54) is 23.9 Å². The SMILES string of the molecule is CC(Sc1nnc(-c2cccnc2)n1C)C(=O)Nc1ccc(C(F)(F)F)cc1. The van der Waals surface area contributed by atoms with Crippen molar-refractivity contribution in [1.82, 2.24) is 19.7 Å². The predicted molar refractivity (Wildman–Crippen MR) is 99.6 cm³/mol. The maximum absolute atomic E-state index is 12.6. The lowest BCUT2D eigenvalue weighted by atomic mass is 10.2. The molecule has 1 N–H and O–H groups in total. The van der Waals surface area contributed by atoms with Crippen LogP contribution in [0.4, 0.5) is 18.9 Å². The van der Waals surface area contributed by atoms with E-state index in [1.54, 1.807) is 37.0 Å². The van der Waals surface area contributed by atoms with E-state index in [1.807, 2.05) is 6.07 Å². The Morgan fingerprint density at radius 1 is 1.18 bits per heavy atom. The Morgan fingerprint density at radius 2 is 1.89 bits per heavy atom. The number of nitrogens with zero attached hydrogens (tertiary/aromatic N) is 4. The molecule has 1 amide bonds. The molecular formula is C18H16F3N5OS. The van der Waals surface area contributed by atoms with E-state index in [9.17, 15) is 18.0 Å². The summed E-state index contributed by atoms with van der Waals surface area (Å²) in [6.45, 7) is 1.68. The third-order valence-corrected chi connectivity index (χ3v) is 5.02. The Kier molecular flexibility index (Phi) is 5.68. The average molecular weight is 407 g/mol. The normalized spacial score (nSPS) is 12.6. The molecule has 0 aliphatic heterocycles. The van der Waals surface area contributed by atoms with Crippen molar-refractivity contribution in [3.8, 4) is 11.4 Å². The monoisotopic (exact) mass is 407 g/mol. The number of carbonyl (C=O) groups is 1. The number of hydrogen-bond acceptors (Lipinski definition) is 5. The molecule has 3 rings (SSSR count). The molecule has 10 heteroatoms. The molecule has 2 aromatic heterocycles. The number of halogens is 3. The van der Waals surface area contributed by atoms with Gasteiger partial charge in [0.25, 0.3) is 0 Å². The van der Waals surface area contributed by atoms with Crippen LogP contribution in [0.2, 0.25) is 0 Å². The molecule has 0 bridgehead atoms. The van der Waals surface area contributed by atoms with Gasteiger partial charge in [-0.25, -0.2) is 0 Å². The van der Waals surface area contributed by atoms with Gasteiger partial charge in [0.15, 0.2) is 11.0 Å². The molecule has 0 aliphatic rings. The molecule has 0 fully saturated rings. The van der Waals surface area contributed by atoms with Crippen LogP contribution in [0.5, 0.6) is 0 Å². The molecule has 146 valence electrons. The van der Waals surface area contributed by atoms with Gasteiger partial charge < -0.3 is 9.88 Å². The summed E-state index contributed by atoms with van der Waals surface area (Å²) in [5, 5.41) is 10.8. The number of hydrogen-bond donors (Lipinski definition) is 1. The fourth-order valence-electron chi connectivity index (χ4n) is 2.36. The van der Waals surface area contributed by atoms with E-state index in [0.717, 1.165) is 17.7 Å². The van der Waals surface area contributed by atoms with Crippen LogP contribution in [-0.2, 0) is 18.0 Å². The Hall–Kier alpha value is -2.88. The van der Waals surface area contributed by atoms with Gasteiger partial charge in [0, 0.05) is 30.7 Å². The molecular weight excluding hydrogens is 391 g/mol. The first-order chi connectivity index (χ1) is 13.3. The van der Waals surface area contributed by atoms with Gasteiger partial charge in [0.05, 0.1) is 10.8 Å². The van der Waals surface area contributed by atoms with Crippen molar-refractivity contribution >= 4 is 23.4 Å². The zero-order chi connectivity index (χ0) is 20.3. The Bertz CT molecular complexity index is 958. The summed E-state index contributed by atoms with van der Waals surface area (Å²) in [7, 11) is 1.78. The van der Waals surface area contributed by atoms with Crippen molar-refractivity contribution in [2.45, 2.75) is 23.5 Å². The maximum atomic E-state index is 12.6. The van der Waals surface area contributed by atoms with Crippen LogP contribution in [0.1, 0.15) is 12.5 Å². The Morgan fingerprint density at radius 3 is 2.50 bits per heavy atom. The van der Waals surface area contributed by atoms with Gasteiger partial charge in [0.1, 0.15) is 0 Å². The largest absolute Gasteiger partial charge is 0.416 e. The van der Waals surface area contributed by atoms with Crippen LogP contribution < -0.4 is 5.32 Å². The maximum Gasteiger partial charge on any atom is 0.416 e. The number of rotatable bonds is 5. The molecule has 0 saturated heterocycles. The van der Waals surface area contributed by atoms with E-state index >= 15 is 0 Å². The summed E-state index contributed by atoms with van der Waals surface area (Å²) < 4.78 is 39.6. The van der Waals surface area contributed by atoms with Crippen LogP contribution >= 0.6 is 11.8 Å². The van der Waals surface area contributed by atoms with Gasteiger partial charge in [-0.2, -0.15) is 13.2 Å². The summed E-state index contributed by atoms with van der Waals surface area (Å²) in [6.07, 6.45) is -1.09. The smallest absolute Gasteiger partial charge is 0.325 e. The number of benzene rings is 1. The molecule has 0 saturated carbocycles. The summed E-state index contributed by atoms with van der Waals surface area (Å²) in [6, 6.07) is 7.94. The van der Waals surface area contributed by atoms with E-state index in [2.05, 4.69) is 20.5 Å². The second-order valence-electron chi connectivity index (χ2n) is 5.93. The first-order valence-corrected chi connectivity index (χ1v) is 9.08. The lowest BCUT2D eigenvalue weighted by Crippen LogP contribution is -2.23. The molecule has 1 atom stereocenters. The number of amides is 1. The quantitative estimate of drug-likeness (QED) is 0.647. The van der Waals surface area contributed by atoms with Crippen molar-refractivity contribution in [2.24, 2.45) is 7.05 Å². The van der Waals surface area contributed by atoms with Gasteiger partial charge in [-0.1, -0.05) is 11.8 Å². The first kappa shape index (κ1) is 19.9. The van der Waals surface area contributed by atoms with Crippen LogP contribution in [-0.4, -0.2) is 30.9 Å². The summed E-state index contributed by atoms with van der Waals surface area (Å²) in [4.78, 5) is 16.4. The van der Waals surface area contributed by atoms with Gasteiger partial charge in [-0.15, -0.1) is 10.2 Å². The van der Waals surface area contributed by atoms with E-state index in [-0.39, 0.29) is 5.91 Å². The van der Waals surface area contributed by atoms with Crippen LogP contribution in [0.3, 0.4) is 0 Å². The van der Waals surface area contributed by atoms with E-state index in [0.29, 0.717) is 16.7 Å². The van der Waals surface area contributed by atoms with E-state index < -0.39 is 17.0 Å².